The highest BCUT2D eigenvalue weighted by Gasteiger charge is 2.17. The molecule has 1 heterocycles. The van der Waals surface area contributed by atoms with E-state index < -0.39 is 10.0 Å². The number of benzene rings is 2. The number of aromatic nitrogens is 2. The highest BCUT2D eigenvalue weighted by atomic mass is 35.5. The number of anilines is 1. The van der Waals surface area contributed by atoms with E-state index in [1.165, 1.54) is 0 Å². The third-order valence-corrected chi connectivity index (χ3v) is 5.05. The van der Waals surface area contributed by atoms with Crippen LogP contribution in [0.25, 0.3) is 11.0 Å². The Labute approximate surface area is 133 Å². The van der Waals surface area contributed by atoms with Gasteiger partial charge in [0.2, 0.25) is 0 Å². The van der Waals surface area contributed by atoms with Crippen LogP contribution in [0.15, 0.2) is 47.6 Å². The van der Waals surface area contributed by atoms with Gasteiger partial charge in [0.05, 0.1) is 27.9 Å². The Morgan fingerprint density at radius 3 is 2.73 bits per heavy atom. The van der Waals surface area contributed by atoms with Crippen molar-refractivity contribution in [3.63, 3.8) is 0 Å². The largest absolute Gasteiger partial charge is 0.334 e. The minimum atomic E-state index is -3.69. The van der Waals surface area contributed by atoms with Gasteiger partial charge in [-0.25, -0.2) is 13.4 Å². The van der Waals surface area contributed by atoms with Crippen molar-refractivity contribution < 1.29 is 8.42 Å². The molecule has 0 spiro atoms. The zero-order chi connectivity index (χ0) is 15.9. The lowest BCUT2D eigenvalue weighted by molar-refractivity contribution is 0.601. The summed E-state index contributed by atoms with van der Waals surface area (Å²) in [6.45, 7) is 1.82. The molecule has 0 aliphatic carbocycles. The van der Waals surface area contributed by atoms with E-state index in [9.17, 15) is 8.42 Å². The summed E-state index contributed by atoms with van der Waals surface area (Å²) < 4.78 is 29.5. The van der Waals surface area contributed by atoms with Crippen molar-refractivity contribution in [3.8, 4) is 0 Å². The molecule has 0 aliphatic rings. The van der Waals surface area contributed by atoms with Crippen molar-refractivity contribution in [1.29, 1.82) is 0 Å². The third-order valence-electron chi connectivity index (χ3n) is 3.45. The molecule has 0 unspecified atom stereocenters. The highest BCUT2D eigenvalue weighted by molar-refractivity contribution is 7.92. The van der Waals surface area contributed by atoms with Crippen molar-refractivity contribution >= 4 is 38.3 Å². The van der Waals surface area contributed by atoms with Crippen LogP contribution >= 0.6 is 11.6 Å². The van der Waals surface area contributed by atoms with E-state index >= 15 is 0 Å². The molecule has 114 valence electrons. The Hall–Kier alpha value is -2.05. The second-order valence-corrected chi connectivity index (χ2v) is 7.19. The molecule has 0 fully saturated rings. The summed E-state index contributed by atoms with van der Waals surface area (Å²) in [5.74, 6) is 0. The first-order valence-electron chi connectivity index (χ1n) is 6.57. The maximum absolute atomic E-state index is 12.5. The van der Waals surface area contributed by atoms with E-state index in [1.54, 1.807) is 42.7 Å². The van der Waals surface area contributed by atoms with Crippen LogP contribution in [0.2, 0.25) is 5.02 Å². The number of rotatable bonds is 3. The van der Waals surface area contributed by atoms with Crippen molar-refractivity contribution in [2.24, 2.45) is 7.05 Å². The Balaban J connectivity index is 2.02. The lowest BCUT2D eigenvalue weighted by atomic mass is 10.2. The Bertz CT molecular complexity index is 964. The van der Waals surface area contributed by atoms with Gasteiger partial charge in [-0.15, -0.1) is 0 Å². The van der Waals surface area contributed by atoms with Gasteiger partial charge < -0.3 is 4.57 Å². The smallest absolute Gasteiger partial charge is 0.261 e. The first-order valence-corrected chi connectivity index (χ1v) is 8.43. The van der Waals surface area contributed by atoms with E-state index in [4.69, 9.17) is 11.6 Å². The van der Waals surface area contributed by atoms with Crippen LogP contribution in [0.4, 0.5) is 5.69 Å². The molecule has 7 heteroatoms. The minimum absolute atomic E-state index is 0.165. The summed E-state index contributed by atoms with van der Waals surface area (Å²) >= 11 is 5.92. The molecule has 0 saturated heterocycles. The van der Waals surface area contributed by atoms with Crippen LogP contribution in [-0.2, 0) is 17.1 Å². The van der Waals surface area contributed by atoms with E-state index in [0.29, 0.717) is 16.2 Å². The summed E-state index contributed by atoms with van der Waals surface area (Å²) in [6.07, 6.45) is 1.65. The van der Waals surface area contributed by atoms with Crippen LogP contribution in [0.5, 0.6) is 0 Å². The average Bonchev–Trinajstić information content (AvgIpc) is 2.84. The summed E-state index contributed by atoms with van der Waals surface area (Å²) in [7, 11) is -1.83. The molecule has 22 heavy (non-hydrogen) atoms. The molecule has 0 saturated carbocycles. The van der Waals surface area contributed by atoms with Gasteiger partial charge in [-0.3, -0.25) is 4.72 Å². The van der Waals surface area contributed by atoms with Crippen molar-refractivity contribution in [1.82, 2.24) is 9.55 Å². The zero-order valence-electron chi connectivity index (χ0n) is 12.0. The van der Waals surface area contributed by atoms with E-state index in [1.807, 2.05) is 18.5 Å². The molecule has 0 radical (unpaired) electrons. The number of nitrogens with zero attached hydrogens (tertiary/aromatic N) is 2. The van der Waals surface area contributed by atoms with Gasteiger partial charge in [0, 0.05) is 12.1 Å². The molecule has 1 N–H and O–H groups in total. The normalized spacial score (nSPS) is 11.8. The monoisotopic (exact) mass is 335 g/mol. The van der Waals surface area contributed by atoms with E-state index in [2.05, 4.69) is 9.71 Å². The number of sulfonamides is 1. The predicted octanol–water partition coefficient (Wildman–Crippen LogP) is 3.34. The van der Waals surface area contributed by atoms with Crippen LogP contribution in [0.3, 0.4) is 0 Å². The van der Waals surface area contributed by atoms with Crippen LogP contribution in [0.1, 0.15) is 5.56 Å². The van der Waals surface area contributed by atoms with Gasteiger partial charge in [-0.2, -0.15) is 0 Å². The summed E-state index contributed by atoms with van der Waals surface area (Å²) in [5.41, 5.74) is 2.77. The van der Waals surface area contributed by atoms with Gasteiger partial charge >= 0.3 is 0 Å². The molecule has 0 amide bonds. The Morgan fingerprint density at radius 1 is 1.18 bits per heavy atom. The number of hydrogen-bond acceptors (Lipinski definition) is 3. The molecule has 3 rings (SSSR count). The molecular formula is C15H14ClN3O2S. The standard InChI is InChI=1S/C15H14ClN3O2S/c1-10-3-4-11(16)7-13(10)18-22(20,21)12-5-6-15-14(8-12)17-9-19(15)2/h3-9,18H,1-2H3. The highest BCUT2D eigenvalue weighted by Crippen LogP contribution is 2.24. The van der Waals surface area contributed by atoms with Crippen molar-refractivity contribution in [3.05, 3.63) is 53.3 Å². The third kappa shape index (κ3) is 2.67. The molecule has 0 atom stereocenters. The molecule has 5 nitrogen and oxygen atoms in total. The zero-order valence-corrected chi connectivity index (χ0v) is 13.6. The number of fused-ring (bicyclic) bond motifs is 1. The quantitative estimate of drug-likeness (QED) is 0.798. The summed E-state index contributed by atoms with van der Waals surface area (Å²) in [6, 6.07) is 9.93. The second kappa shape index (κ2) is 5.30. The topological polar surface area (TPSA) is 64.0 Å². The SMILES string of the molecule is Cc1ccc(Cl)cc1NS(=O)(=O)c1ccc2c(c1)ncn2C. The van der Waals surface area contributed by atoms with Gasteiger partial charge in [0.25, 0.3) is 10.0 Å². The number of nitrogens with one attached hydrogen (secondary N) is 1. The number of hydrogen-bond donors (Lipinski definition) is 1. The molecule has 2 aromatic carbocycles. The molecule has 3 aromatic rings. The minimum Gasteiger partial charge on any atom is -0.334 e. The first kappa shape index (κ1) is 14.9. The molecule has 0 bridgehead atoms. The summed E-state index contributed by atoms with van der Waals surface area (Å²) in [5, 5.41) is 0.475. The van der Waals surface area contributed by atoms with Gasteiger partial charge in [-0.1, -0.05) is 17.7 Å². The van der Waals surface area contributed by atoms with Gasteiger partial charge in [-0.05, 0) is 42.8 Å². The fraction of sp³-hybridized carbons (Fsp3) is 0.133. The fourth-order valence-corrected chi connectivity index (χ4v) is 3.50. The average molecular weight is 336 g/mol. The van der Waals surface area contributed by atoms with Crippen LogP contribution in [-0.4, -0.2) is 18.0 Å². The second-order valence-electron chi connectivity index (χ2n) is 5.07. The van der Waals surface area contributed by atoms with Gasteiger partial charge in [0.1, 0.15) is 0 Å². The molecular weight excluding hydrogens is 322 g/mol. The van der Waals surface area contributed by atoms with E-state index in [0.717, 1.165) is 11.1 Å². The Morgan fingerprint density at radius 2 is 1.95 bits per heavy atom. The number of aryl methyl sites for hydroxylation is 2. The van der Waals surface area contributed by atoms with Crippen molar-refractivity contribution in [2.75, 3.05) is 4.72 Å². The maximum atomic E-state index is 12.5. The molecule has 0 aliphatic heterocycles. The number of imidazole rings is 1. The summed E-state index contributed by atoms with van der Waals surface area (Å²) in [4.78, 5) is 4.35. The Kier molecular flexibility index (Phi) is 3.58. The lowest BCUT2D eigenvalue weighted by Crippen LogP contribution is -2.13. The fourth-order valence-electron chi connectivity index (χ4n) is 2.19. The van der Waals surface area contributed by atoms with Crippen LogP contribution in [0, 0.1) is 6.92 Å². The first-order chi connectivity index (χ1) is 10.4. The predicted molar refractivity (Wildman–Crippen MR) is 87.7 cm³/mol. The number of halogens is 1. The molecule has 1 aromatic heterocycles. The van der Waals surface area contributed by atoms with Crippen LogP contribution < -0.4 is 4.72 Å². The van der Waals surface area contributed by atoms with Gasteiger partial charge in [0.15, 0.2) is 0 Å². The van der Waals surface area contributed by atoms with Crippen molar-refractivity contribution in [2.45, 2.75) is 11.8 Å². The maximum Gasteiger partial charge on any atom is 0.261 e. The van der Waals surface area contributed by atoms with E-state index in [-0.39, 0.29) is 4.90 Å². The lowest BCUT2D eigenvalue weighted by Gasteiger charge is -2.11.